The van der Waals surface area contributed by atoms with Crippen LogP contribution in [0.3, 0.4) is 0 Å². The second-order valence-corrected chi connectivity index (χ2v) is 7.98. The van der Waals surface area contributed by atoms with Gasteiger partial charge >= 0.3 is 5.69 Å². The predicted molar refractivity (Wildman–Crippen MR) is 135 cm³/mol. The first-order valence-corrected chi connectivity index (χ1v) is 11.6. The Kier molecular flexibility index (Phi) is 7.48. The summed E-state index contributed by atoms with van der Waals surface area (Å²) in [6.07, 6.45) is 0. The Morgan fingerprint density at radius 1 is 0.917 bits per heavy atom. The van der Waals surface area contributed by atoms with Gasteiger partial charge in [-0.15, -0.1) is 0 Å². The van der Waals surface area contributed by atoms with Gasteiger partial charge in [0.05, 0.1) is 36.3 Å². The van der Waals surface area contributed by atoms with E-state index in [2.05, 4.69) is 5.32 Å². The number of para-hydroxylation sites is 1. The van der Waals surface area contributed by atoms with E-state index in [0.29, 0.717) is 46.9 Å². The number of fused-ring (bicyclic) bond motifs is 1. The van der Waals surface area contributed by atoms with Crippen LogP contribution in [-0.2, 0) is 17.9 Å². The largest absolute Gasteiger partial charge is 0.494 e. The summed E-state index contributed by atoms with van der Waals surface area (Å²) in [7, 11) is 0. The van der Waals surface area contributed by atoms with Crippen molar-refractivity contribution in [3.8, 4) is 11.5 Å². The first kappa shape index (κ1) is 24.7. The fourth-order valence-corrected chi connectivity index (χ4v) is 3.91. The van der Waals surface area contributed by atoms with Crippen molar-refractivity contribution in [2.45, 2.75) is 26.9 Å². The second-order valence-electron chi connectivity index (χ2n) is 7.98. The van der Waals surface area contributed by atoms with Gasteiger partial charge in [0.1, 0.15) is 23.9 Å². The molecule has 0 radical (unpaired) electrons. The third kappa shape index (κ3) is 5.30. The Balaban J connectivity index is 1.71. The molecule has 4 rings (SSSR count). The number of halogens is 1. The van der Waals surface area contributed by atoms with Gasteiger partial charge in [-0.3, -0.25) is 18.7 Å². The Bertz CT molecular complexity index is 1510. The van der Waals surface area contributed by atoms with E-state index in [9.17, 15) is 18.8 Å². The first-order chi connectivity index (χ1) is 17.4. The molecule has 0 aliphatic heterocycles. The molecule has 1 heterocycles. The van der Waals surface area contributed by atoms with E-state index in [0.717, 1.165) is 4.57 Å². The highest BCUT2D eigenvalue weighted by Gasteiger charge is 2.17. The molecule has 0 saturated carbocycles. The quantitative estimate of drug-likeness (QED) is 0.385. The summed E-state index contributed by atoms with van der Waals surface area (Å²) in [5.74, 6) is 0.127. The fourth-order valence-electron chi connectivity index (χ4n) is 3.91. The molecule has 0 unspecified atom stereocenters. The number of carbonyl (C=O) groups is 1. The minimum Gasteiger partial charge on any atom is -0.494 e. The number of carbonyl (C=O) groups excluding carboxylic acids is 1. The highest BCUT2D eigenvalue weighted by atomic mass is 19.1. The van der Waals surface area contributed by atoms with Gasteiger partial charge in [-0.05, 0) is 55.8 Å². The highest BCUT2D eigenvalue weighted by Crippen LogP contribution is 2.29. The van der Waals surface area contributed by atoms with Crippen molar-refractivity contribution in [1.29, 1.82) is 0 Å². The topological polar surface area (TPSA) is 91.6 Å². The van der Waals surface area contributed by atoms with Crippen LogP contribution in [0.15, 0.2) is 76.3 Å². The highest BCUT2D eigenvalue weighted by molar-refractivity contribution is 5.93. The minimum absolute atomic E-state index is 0.0602. The molecule has 0 spiro atoms. The Morgan fingerprint density at radius 3 is 2.36 bits per heavy atom. The monoisotopic (exact) mass is 491 g/mol. The van der Waals surface area contributed by atoms with E-state index >= 15 is 0 Å². The van der Waals surface area contributed by atoms with E-state index in [1.165, 1.54) is 28.8 Å². The molecule has 186 valence electrons. The van der Waals surface area contributed by atoms with Gasteiger partial charge in [0, 0.05) is 6.07 Å². The van der Waals surface area contributed by atoms with E-state index in [1.54, 1.807) is 42.5 Å². The van der Waals surface area contributed by atoms with Gasteiger partial charge in [-0.25, -0.2) is 9.18 Å². The summed E-state index contributed by atoms with van der Waals surface area (Å²) in [6, 6.07) is 17.2. The molecule has 1 N–H and O–H groups in total. The van der Waals surface area contributed by atoms with Crippen molar-refractivity contribution in [2.75, 3.05) is 18.5 Å². The minimum atomic E-state index is -0.647. The molecule has 0 aliphatic carbocycles. The van der Waals surface area contributed by atoms with Gasteiger partial charge in [0.25, 0.3) is 5.56 Å². The number of anilines is 1. The molecule has 1 aromatic heterocycles. The summed E-state index contributed by atoms with van der Waals surface area (Å²) >= 11 is 0. The first-order valence-electron chi connectivity index (χ1n) is 11.6. The van der Waals surface area contributed by atoms with Gasteiger partial charge in [-0.1, -0.05) is 24.3 Å². The third-order valence-electron chi connectivity index (χ3n) is 5.52. The zero-order valence-corrected chi connectivity index (χ0v) is 20.0. The zero-order valence-electron chi connectivity index (χ0n) is 20.0. The molecule has 0 bridgehead atoms. The summed E-state index contributed by atoms with van der Waals surface area (Å²) < 4.78 is 26.8. The molecule has 0 fully saturated rings. The van der Waals surface area contributed by atoms with Crippen LogP contribution in [0.1, 0.15) is 19.4 Å². The number of hydrogen-bond donors (Lipinski definition) is 1. The lowest BCUT2D eigenvalue weighted by Crippen LogP contribution is -2.42. The number of amides is 1. The molecular weight excluding hydrogens is 465 g/mol. The third-order valence-corrected chi connectivity index (χ3v) is 5.52. The van der Waals surface area contributed by atoms with E-state index in [-0.39, 0.29) is 13.1 Å². The maximum Gasteiger partial charge on any atom is 0.332 e. The molecule has 8 nitrogen and oxygen atoms in total. The van der Waals surface area contributed by atoms with E-state index in [4.69, 9.17) is 9.47 Å². The van der Waals surface area contributed by atoms with Crippen LogP contribution in [-0.4, -0.2) is 28.3 Å². The molecule has 4 aromatic rings. The van der Waals surface area contributed by atoms with Crippen LogP contribution in [0.5, 0.6) is 11.5 Å². The maximum atomic E-state index is 13.4. The normalized spacial score (nSPS) is 10.9. The zero-order chi connectivity index (χ0) is 25.7. The smallest absolute Gasteiger partial charge is 0.332 e. The number of ether oxygens (including phenoxy) is 2. The van der Waals surface area contributed by atoms with Crippen molar-refractivity contribution in [3.05, 3.63) is 98.9 Å². The molecular formula is C27H26FN3O5. The lowest BCUT2D eigenvalue weighted by Gasteiger charge is -2.16. The van der Waals surface area contributed by atoms with Crippen molar-refractivity contribution >= 4 is 22.5 Å². The van der Waals surface area contributed by atoms with Crippen molar-refractivity contribution in [3.63, 3.8) is 0 Å². The van der Waals surface area contributed by atoms with Crippen molar-refractivity contribution < 1.29 is 18.7 Å². The summed E-state index contributed by atoms with van der Waals surface area (Å²) in [6.45, 7) is 4.14. The van der Waals surface area contributed by atoms with Crippen LogP contribution in [0.2, 0.25) is 0 Å². The number of nitrogens with zero attached hydrogens (tertiary/aromatic N) is 2. The standard InChI is InChI=1S/C27H26FN3O5/c1-3-35-20-13-14-24(36-4-2)22(15-20)29-25(32)17-30-23-8-6-5-7-21(23)26(33)31(27(30)34)16-18-9-11-19(28)12-10-18/h5-15H,3-4,16-17H2,1-2H3,(H,29,32). The van der Waals surface area contributed by atoms with Crippen LogP contribution >= 0.6 is 0 Å². The molecule has 0 saturated heterocycles. The Hall–Kier alpha value is -4.40. The lowest BCUT2D eigenvalue weighted by atomic mass is 10.2. The maximum absolute atomic E-state index is 13.4. The van der Waals surface area contributed by atoms with E-state index < -0.39 is 23.0 Å². The second kappa shape index (κ2) is 10.9. The van der Waals surface area contributed by atoms with Crippen molar-refractivity contribution in [2.24, 2.45) is 0 Å². The van der Waals surface area contributed by atoms with Crippen molar-refractivity contribution in [1.82, 2.24) is 9.13 Å². The Morgan fingerprint density at radius 2 is 1.64 bits per heavy atom. The molecule has 0 atom stereocenters. The van der Waals surface area contributed by atoms with Gasteiger partial charge in [0.2, 0.25) is 5.91 Å². The summed E-state index contributed by atoms with van der Waals surface area (Å²) in [5.41, 5.74) is 0.192. The number of rotatable bonds is 9. The van der Waals surface area contributed by atoms with Gasteiger partial charge in [0.15, 0.2) is 0 Å². The molecule has 36 heavy (non-hydrogen) atoms. The SMILES string of the molecule is CCOc1ccc(OCC)c(NC(=O)Cn2c(=O)n(Cc3ccc(F)cc3)c(=O)c3ccccc32)c1. The molecule has 9 heteroatoms. The van der Waals surface area contributed by atoms with Crippen LogP contribution in [0.4, 0.5) is 10.1 Å². The average Bonchev–Trinajstić information content (AvgIpc) is 2.87. The molecule has 0 aliphatic rings. The summed E-state index contributed by atoms with van der Waals surface area (Å²) in [4.78, 5) is 39.6. The number of nitrogens with one attached hydrogen (secondary N) is 1. The van der Waals surface area contributed by atoms with Crippen LogP contribution < -0.4 is 26.0 Å². The Labute approximate surface area is 206 Å². The van der Waals surface area contributed by atoms with Crippen LogP contribution in [0.25, 0.3) is 10.9 Å². The van der Waals surface area contributed by atoms with Gasteiger partial charge in [-0.2, -0.15) is 0 Å². The number of aromatic nitrogens is 2. The summed E-state index contributed by atoms with van der Waals surface area (Å²) in [5, 5.41) is 3.08. The number of benzene rings is 3. The molecule has 1 amide bonds. The lowest BCUT2D eigenvalue weighted by molar-refractivity contribution is -0.116. The molecule has 3 aromatic carbocycles. The average molecular weight is 492 g/mol. The fraction of sp³-hybridized carbons (Fsp3) is 0.222. The predicted octanol–water partition coefficient (Wildman–Crippen LogP) is 3.79. The van der Waals surface area contributed by atoms with Gasteiger partial charge < -0.3 is 14.8 Å². The van der Waals surface area contributed by atoms with E-state index in [1.807, 2.05) is 13.8 Å². The number of hydrogen-bond acceptors (Lipinski definition) is 5. The van der Waals surface area contributed by atoms with Crippen LogP contribution in [0, 0.1) is 5.82 Å².